The minimum atomic E-state index is 1.13. The predicted octanol–water partition coefficient (Wildman–Crippen LogP) is 15.6. The molecule has 0 bridgehead atoms. The predicted molar refractivity (Wildman–Crippen MR) is 231 cm³/mol. The van der Waals surface area contributed by atoms with Crippen molar-refractivity contribution in [2.45, 2.75) is 0 Å². The van der Waals surface area contributed by atoms with Gasteiger partial charge in [-0.2, -0.15) is 0 Å². The summed E-state index contributed by atoms with van der Waals surface area (Å²) in [6.07, 6.45) is 0. The highest BCUT2D eigenvalue weighted by molar-refractivity contribution is 7.27. The molecule has 0 aliphatic heterocycles. The Balaban J connectivity index is 1.11. The van der Waals surface area contributed by atoms with Crippen LogP contribution in [0, 0.1) is 0 Å². The molecule has 0 aliphatic carbocycles. The molecule has 4 heteroatoms. The molecule has 0 atom stereocenters. The van der Waals surface area contributed by atoms with E-state index >= 15 is 0 Å². The van der Waals surface area contributed by atoms with Gasteiger partial charge in [0, 0.05) is 67.2 Å². The minimum absolute atomic E-state index is 1.13. The van der Waals surface area contributed by atoms with E-state index in [9.17, 15) is 0 Å². The van der Waals surface area contributed by atoms with Crippen LogP contribution in [0.25, 0.3) is 82.8 Å². The molecule has 0 aliphatic rings. The van der Waals surface area contributed by atoms with Crippen LogP contribution in [0.4, 0.5) is 17.1 Å². The van der Waals surface area contributed by atoms with E-state index in [1.807, 2.05) is 34.0 Å². The van der Waals surface area contributed by atoms with Crippen molar-refractivity contribution < 1.29 is 0 Å². The molecule has 244 valence electrons. The highest BCUT2D eigenvalue weighted by Gasteiger charge is 2.20. The largest absolute Gasteiger partial charge is 0.309 e. The number of benzene rings is 8. The molecule has 0 spiro atoms. The van der Waals surface area contributed by atoms with Crippen LogP contribution in [0.2, 0.25) is 0 Å². The maximum Gasteiger partial charge on any atom is 0.0640 e. The van der Waals surface area contributed by atoms with Gasteiger partial charge in [0.15, 0.2) is 0 Å². The molecule has 52 heavy (non-hydrogen) atoms. The van der Waals surface area contributed by atoms with Crippen molar-refractivity contribution in [3.8, 4) is 22.3 Å². The molecule has 0 amide bonds. The molecule has 0 saturated carbocycles. The van der Waals surface area contributed by atoms with Crippen molar-refractivity contribution >= 4 is 112 Å². The normalized spacial score (nSPS) is 11.8. The molecular weight excluding hydrogens is 687 g/mol. The van der Waals surface area contributed by atoms with Crippen LogP contribution >= 0.6 is 34.0 Å². The third-order valence-electron chi connectivity index (χ3n) is 10.3. The second-order valence-electron chi connectivity index (χ2n) is 13.2. The zero-order valence-corrected chi connectivity index (χ0v) is 30.4. The van der Waals surface area contributed by atoms with Crippen LogP contribution in [0.3, 0.4) is 0 Å². The van der Waals surface area contributed by atoms with Crippen LogP contribution in [-0.2, 0) is 0 Å². The van der Waals surface area contributed by atoms with Gasteiger partial charge in [0.1, 0.15) is 0 Å². The first kappa shape index (κ1) is 29.9. The van der Waals surface area contributed by atoms with Crippen LogP contribution < -0.4 is 4.90 Å². The number of rotatable bonds is 5. The average molecular weight is 716 g/mol. The summed E-state index contributed by atoms with van der Waals surface area (Å²) >= 11 is 5.62. The molecule has 0 unspecified atom stereocenters. The lowest BCUT2D eigenvalue weighted by molar-refractivity contribution is 1.30. The average Bonchev–Trinajstić information content (AvgIpc) is 3.90. The molecule has 11 rings (SSSR count). The third-order valence-corrected chi connectivity index (χ3v) is 13.8. The van der Waals surface area contributed by atoms with Gasteiger partial charge in [-0.25, -0.2) is 0 Å². The van der Waals surface area contributed by atoms with Gasteiger partial charge in [0.05, 0.1) is 10.4 Å². The molecule has 0 saturated heterocycles. The van der Waals surface area contributed by atoms with Gasteiger partial charge in [-0.05, 0) is 82.9 Å². The zero-order valence-electron chi connectivity index (χ0n) is 27.9. The number of fused-ring (bicyclic) bond motifs is 9. The number of hydrogen-bond donors (Lipinski definition) is 0. The van der Waals surface area contributed by atoms with E-state index in [0.717, 1.165) is 11.4 Å². The first-order valence-electron chi connectivity index (χ1n) is 17.5. The minimum Gasteiger partial charge on any atom is -0.309 e. The lowest BCUT2D eigenvalue weighted by atomic mass is 9.98. The Morgan fingerprint density at radius 3 is 1.52 bits per heavy atom. The van der Waals surface area contributed by atoms with Crippen LogP contribution in [0.5, 0.6) is 0 Å². The van der Waals surface area contributed by atoms with Crippen molar-refractivity contribution in [1.82, 2.24) is 0 Å². The molecule has 0 N–H and O–H groups in total. The van der Waals surface area contributed by atoms with Gasteiger partial charge in [-0.3, -0.25) is 0 Å². The van der Waals surface area contributed by atoms with Gasteiger partial charge in [0.2, 0.25) is 0 Å². The van der Waals surface area contributed by atoms with Crippen LogP contribution in [0.1, 0.15) is 0 Å². The lowest BCUT2D eigenvalue weighted by Gasteiger charge is -2.27. The fraction of sp³-hybridized carbons (Fsp3) is 0. The fourth-order valence-electron chi connectivity index (χ4n) is 7.97. The van der Waals surface area contributed by atoms with E-state index in [1.165, 1.54) is 88.5 Å². The number of nitrogens with zero attached hydrogens (tertiary/aromatic N) is 1. The topological polar surface area (TPSA) is 3.24 Å². The number of hydrogen-bond acceptors (Lipinski definition) is 4. The van der Waals surface area contributed by atoms with E-state index in [-0.39, 0.29) is 0 Å². The van der Waals surface area contributed by atoms with E-state index in [4.69, 9.17) is 0 Å². The molecule has 1 nitrogen and oxygen atoms in total. The highest BCUT2D eigenvalue weighted by Crippen LogP contribution is 2.47. The lowest BCUT2D eigenvalue weighted by Crippen LogP contribution is -2.10. The SMILES string of the molecule is c1cc(-c2cccc3sc4ccccc4c23)cc(N(c2ccc(-c3cccc4sc5ccccc5c34)cc2)c2cccc3c2sc2ccccc23)c1. The summed E-state index contributed by atoms with van der Waals surface area (Å²) in [5.41, 5.74) is 8.44. The van der Waals surface area contributed by atoms with E-state index in [2.05, 4.69) is 181 Å². The Labute approximate surface area is 312 Å². The molecule has 0 fully saturated rings. The Morgan fingerprint density at radius 2 is 0.846 bits per heavy atom. The zero-order chi connectivity index (χ0) is 34.2. The Hall–Kier alpha value is -5.78. The molecule has 3 aromatic heterocycles. The van der Waals surface area contributed by atoms with Crippen molar-refractivity contribution in [2.75, 3.05) is 4.90 Å². The molecule has 0 radical (unpaired) electrons. The van der Waals surface area contributed by atoms with Crippen molar-refractivity contribution in [3.05, 3.63) is 176 Å². The summed E-state index contributed by atoms with van der Waals surface area (Å²) in [5.74, 6) is 0. The smallest absolute Gasteiger partial charge is 0.0640 e. The van der Waals surface area contributed by atoms with Gasteiger partial charge in [-0.15, -0.1) is 34.0 Å². The van der Waals surface area contributed by atoms with E-state index < -0.39 is 0 Å². The highest BCUT2D eigenvalue weighted by atomic mass is 32.1. The summed E-state index contributed by atoms with van der Waals surface area (Å²) in [6, 6.07) is 64.8. The van der Waals surface area contributed by atoms with Gasteiger partial charge < -0.3 is 4.90 Å². The monoisotopic (exact) mass is 715 g/mol. The van der Waals surface area contributed by atoms with E-state index in [1.54, 1.807) is 0 Å². The second-order valence-corrected chi connectivity index (χ2v) is 16.5. The summed E-state index contributed by atoms with van der Waals surface area (Å²) in [5, 5.41) is 7.91. The molecule has 8 aromatic carbocycles. The van der Waals surface area contributed by atoms with Gasteiger partial charge >= 0.3 is 0 Å². The maximum absolute atomic E-state index is 2.46. The van der Waals surface area contributed by atoms with Crippen molar-refractivity contribution in [2.24, 2.45) is 0 Å². The van der Waals surface area contributed by atoms with Crippen LogP contribution in [-0.4, -0.2) is 0 Å². The summed E-state index contributed by atoms with van der Waals surface area (Å²) in [4.78, 5) is 2.46. The van der Waals surface area contributed by atoms with Crippen LogP contribution in [0.15, 0.2) is 176 Å². The van der Waals surface area contributed by atoms with Crippen molar-refractivity contribution in [3.63, 3.8) is 0 Å². The Kier molecular flexibility index (Phi) is 6.84. The summed E-state index contributed by atoms with van der Waals surface area (Å²) in [7, 11) is 0. The summed E-state index contributed by atoms with van der Waals surface area (Å²) in [6.45, 7) is 0. The van der Waals surface area contributed by atoms with Crippen molar-refractivity contribution in [1.29, 1.82) is 0 Å². The molecule has 3 heterocycles. The second kappa shape index (κ2) is 11.9. The summed E-state index contributed by atoms with van der Waals surface area (Å²) < 4.78 is 7.89. The number of thiophene rings is 3. The Morgan fingerprint density at radius 1 is 0.327 bits per heavy atom. The van der Waals surface area contributed by atoms with E-state index in [0.29, 0.717) is 0 Å². The first-order chi connectivity index (χ1) is 25.8. The molecule has 11 aromatic rings. The van der Waals surface area contributed by atoms with Gasteiger partial charge in [0.25, 0.3) is 0 Å². The third kappa shape index (κ3) is 4.65. The Bertz CT molecular complexity index is 3140. The van der Waals surface area contributed by atoms with Gasteiger partial charge in [-0.1, -0.05) is 115 Å². The first-order valence-corrected chi connectivity index (χ1v) is 20.0. The fourth-order valence-corrected chi connectivity index (χ4v) is 11.4. The number of anilines is 3. The molecular formula is C48H29NS3. The maximum atomic E-state index is 2.46. The standard InChI is InChI=1S/C48H29NS3/c1-4-20-41-36(13-1)37-18-8-19-40(48(37)52-41)49(32-27-25-30(26-28-32)34-16-9-23-44-46(34)38-14-2-5-21-42(38)50-44)33-12-7-11-31(29-33)35-17-10-24-45-47(35)39-15-3-6-22-43(39)51-45/h1-29H. The quantitative estimate of drug-likeness (QED) is 0.171.